The molecule has 2 atom stereocenters. The fourth-order valence-electron chi connectivity index (χ4n) is 2.49. The molecule has 5 nitrogen and oxygen atoms in total. The minimum atomic E-state index is -3.51. The minimum Gasteiger partial charge on any atom is -0.497 e. The zero-order valence-corrected chi connectivity index (χ0v) is 15.5. The van der Waals surface area contributed by atoms with Crippen LogP contribution in [0.15, 0.2) is 48.8 Å². The van der Waals surface area contributed by atoms with Crippen LogP contribution in [0.3, 0.4) is 0 Å². The second kappa shape index (κ2) is 7.82. The van der Waals surface area contributed by atoms with Crippen molar-refractivity contribution >= 4 is 7.60 Å². The number of benzene rings is 1. The van der Waals surface area contributed by atoms with E-state index in [1.54, 1.807) is 32.4 Å². The van der Waals surface area contributed by atoms with Crippen LogP contribution in [0.4, 0.5) is 0 Å². The van der Waals surface area contributed by atoms with Gasteiger partial charge in [-0.15, -0.1) is 0 Å². The number of methoxy groups -OCH3 is 1. The summed E-state index contributed by atoms with van der Waals surface area (Å²) >= 11 is 0. The minimum absolute atomic E-state index is 0.289. The molecule has 0 aliphatic rings. The summed E-state index contributed by atoms with van der Waals surface area (Å²) in [5.41, 5.74) is 0.852. The van der Waals surface area contributed by atoms with Crippen LogP contribution >= 0.6 is 7.60 Å². The van der Waals surface area contributed by atoms with Crippen molar-refractivity contribution in [2.45, 2.75) is 32.3 Å². The largest absolute Gasteiger partial charge is 0.497 e. The Bertz CT molecular complexity index is 707. The Hall–Kier alpha value is -1.84. The number of pyridine rings is 1. The third-order valence-corrected chi connectivity index (χ3v) is 6.98. The smallest absolute Gasteiger partial charge is 0.389 e. The Kier molecular flexibility index (Phi) is 6.03. The van der Waals surface area contributed by atoms with E-state index < -0.39 is 12.8 Å². The lowest BCUT2D eigenvalue weighted by atomic mass is 9.97. The second-order valence-electron chi connectivity index (χ2n) is 5.55. The van der Waals surface area contributed by atoms with Gasteiger partial charge in [0, 0.05) is 6.20 Å². The summed E-state index contributed by atoms with van der Waals surface area (Å²) < 4.78 is 30.6. The van der Waals surface area contributed by atoms with E-state index in [1.165, 1.54) is 6.20 Å². The van der Waals surface area contributed by atoms with Gasteiger partial charge in [-0.25, -0.2) is 4.57 Å². The number of hydrogen-bond acceptors (Lipinski definition) is 5. The average Bonchev–Trinajstić information content (AvgIpc) is 2.62. The van der Waals surface area contributed by atoms with Crippen LogP contribution in [0.1, 0.15) is 32.8 Å². The van der Waals surface area contributed by atoms with E-state index >= 15 is 0 Å². The zero-order chi connectivity index (χ0) is 17.6. The van der Waals surface area contributed by atoms with Crippen LogP contribution in [0, 0.1) is 0 Å². The molecule has 0 spiro atoms. The monoisotopic (exact) mass is 349 g/mol. The molecule has 0 aliphatic carbocycles. The summed E-state index contributed by atoms with van der Waals surface area (Å²) in [4.78, 5) is 4.02. The highest BCUT2D eigenvalue weighted by Gasteiger charge is 2.49. The molecule has 0 bridgehead atoms. The summed E-state index contributed by atoms with van der Waals surface area (Å²) in [5, 5.41) is -0.812. The molecule has 6 heteroatoms. The van der Waals surface area contributed by atoms with Gasteiger partial charge in [-0.3, -0.25) is 9.51 Å². The van der Waals surface area contributed by atoms with E-state index in [0.29, 0.717) is 17.9 Å². The molecule has 1 aromatic carbocycles. The number of rotatable bonds is 8. The van der Waals surface area contributed by atoms with Crippen molar-refractivity contribution < 1.29 is 18.3 Å². The van der Waals surface area contributed by atoms with Gasteiger partial charge in [0.05, 0.1) is 19.9 Å². The van der Waals surface area contributed by atoms with Crippen molar-refractivity contribution in [2.75, 3.05) is 13.7 Å². The van der Waals surface area contributed by atoms with Gasteiger partial charge in [0.15, 0.2) is 0 Å². The molecular formula is C18H24NO4P. The van der Waals surface area contributed by atoms with Crippen molar-refractivity contribution in [1.82, 2.24) is 4.98 Å². The highest BCUT2D eigenvalue weighted by Crippen LogP contribution is 2.65. The van der Waals surface area contributed by atoms with E-state index in [2.05, 4.69) is 4.98 Å². The first kappa shape index (κ1) is 18.5. The molecule has 24 heavy (non-hydrogen) atoms. The van der Waals surface area contributed by atoms with Crippen LogP contribution in [-0.4, -0.2) is 18.7 Å². The molecule has 130 valence electrons. The number of ether oxygens (including phenoxy) is 1. The summed E-state index contributed by atoms with van der Waals surface area (Å²) in [6.07, 6.45) is 3.75. The van der Waals surface area contributed by atoms with Gasteiger partial charge in [-0.1, -0.05) is 19.1 Å². The van der Waals surface area contributed by atoms with Gasteiger partial charge in [-0.05, 0) is 50.1 Å². The van der Waals surface area contributed by atoms with Gasteiger partial charge in [-0.2, -0.15) is 0 Å². The number of aromatic nitrogens is 1. The highest BCUT2D eigenvalue weighted by atomic mass is 31.2. The van der Waals surface area contributed by atoms with E-state index in [4.69, 9.17) is 13.8 Å². The maximum Gasteiger partial charge on any atom is 0.389 e. The van der Waals surface area contributed by atoms with Crippen molar-refractivity contribution in [3.63, 3.8) is 0 Å². The first-order valence-electron chi connectivity index (χ1n) is 7.98. The highest BCUT2D eigenvalue weighted by molar-refractivity contribution is 7.55. The van der Waals surface area contributed by atoms with E-state index in [0.717, 1.165) is 5.56 Å². The van der Waals surface area contributed by atoms with Crippen LogP contribution in [0.25, 0.3) is 0 Å². The van der Waals surface area contributed by atoms with Gasteiger partial charge in [0.25, 0.3) is 0 Å². The van der Waals surface area contributed by atoms with Crippen LogP contribution in [0.5, 0.6) is 11.5 Å². The third kappa shape index (κ3) is 3.63. The molecule has 2 unspecified atom stereocenters. The van der Waals surface area contributed by atoms with Crippen molar-refractivity contribution in [3.05, 3.63) is 54.4 Å². The van der Waals surface area contributed by atoms with Crippen LogP contribution in [-0.2, 0) is 14.2 Å². The Morgan fingerprint density at radius 2 is 1.92 bits per heavy atom. The summed E-state index contributed by atoms with van der Waals surface area (Å²) in [7, 11) is -1.90. The topological polar surface area (TPSA) is 57.7 Å². The average molecular weight is 349 g/mol. The molecule has 0 saturated carbocycles. The molecule has 0 fully saturated rings. The Morgan fingerprint density at radius 1 is 1.17 bits per heavy atom. The molecule has 1 aromatic heterocycles. The molecular weight excluding hydrogens is 325 g/mol. The molecule has 0 radical (unpaired) electrons. The van der Waals surface area contributed by atoms with Crippen LogP contribution in [0.2, 0.25) is 0 Å². The Balaban J connectivity index is 2.49. The van der Waals surface area contributed by atoms with Crippen molar-refractivity contribution in [2.24, 2.45) is 0 Å². The standard InChI is InChI=1S/C18H24NO4P/c1-5-18(3,15-9-7-10-16(13-15)21-4)24(20,22-6-2)23-17-11-8-12-19-14-17/h7-14H,5-6H2,1-4H3. The Labute approximate surface area is 143 Å². The lowest BCUT2D eigenvalue weighted by Gasteiger charge is -2.35. The second-order valence-corrected chi connectivity index (χ2v) is 7.98. The SMILES string of the molecule is CCOP(=O)(Oc1cccnc1)C(C)(CC)c1cccc(OC)c1. The number of nitrogens with zero attached hydrogens (tertiary/aromatic N) is 1. The normalized spacial score (nSPS) is 16.0. The zero-order valence-electron chi connectivity index (χ0n) is 14.6. The Morgan fingerprint density at radius 3 is 2.50 bits per heavy atom. The van der Waals surface area contributed by atoms with Crippen molar-refractivity contribution in [1.29, 1.82) is 0 Å². The maximum absolute atomic E-state index is 13.7. The molecule has 0 amide bonds. The lowest BCUT2D eigenvalue weighted by Crippen LogP contribution is -2.25. The predicted molar refractivity (Wildman–Crippen MR) is 94.7 cm³/mol. The van der Waals surface area contributed by atoms with Gasteiger partial charge >= 0.3 is 7.60 Å². The fourth-order valence-corrected chi connectivity index (χ4v) is 4.60. The first-order valence-corrected chi connectivity index (χ1v) is 9.52. The summed E-state index contributed by atoms with van der Waals surface area (Å²) in [6, 6.07) is 11.0. The van der Waals surface area contributed by atoms with E-state index in [-0.39, 0.29) is 6.61 Å². The van der Waals surface area contributed by atoms with Gasteiger partial charge in [0.2, 0.25) is 0 Å². The lowest BCUT2D eigenvalue weighted by molar-refractivity contribution is 0.251. The molecule has 2 aromatic rings. The summed E-state index contributed by atoms with van der Waals surface area (Å²) in [6.45, 7) is 5.96. The van der Waals surface area contributed by atoms with E-state index in [1.807, 2.05) is 38.1 Å². The summed E-state index contributed by atoms with van der Waals surface area (Å²) in [5.74, 6) is 1.13. The quantitative estimate of drug-likeness (QED) is 0.626. The van der Waals surface area contributed by atoms with Gasteiger partial charge in [0.1, 0.15) is 16.7 Å². The molecule has 0 saturated heterocycles. The molecule has 2 rings (SSSR count). The molecule has 0 aliphatic heterocycles. The van der Waals surface area contributed by atoms with Gasteiger partial charge < -0.3 is 9.26 Å². The fraction of sp³-hybridized carbons (Fsp3) is 0.389. The molecule has 1 heterocycles. The van der Waals surface area contributed by atoms with Crippen LogP contribution < -0.4 is 9.26 Å². The third-order valence-electron chi connectivity index (χ3n) is 4.14. The molecule has 0 N–H and O–H groups in total. The number of hydrogen-bond donors (Lipinski definition) is 0. The van der Waals surface area contributed by atoms with E-state index in [9.17, 15) is 4.57 Å². The predicted octanol–water partition coefficient (Wildman–Crippen LogP) is 5.02. The van der Waals surface area contributed by atoms with Crippen molar-refractivity contribution in [3.8, 4) is 11.5 Å². The first-order chi connectivity index (χ1) is 11.5. The maximum atomic E-state index is 13.7.